The van der Waals surface area contributed by atoms with Gasteiger partial charge in [0.15, 0.2) is 23.9 Å². The number of amides is 3. The van der Waals surface area contributed by atoms with Crippen molar-refractivity contribution in [3.05, 3.63) is 76.7 Å². The normalized spacial score (nSPS) is 18.8. The van der Waals surface area contributed by atoms with Crippen molar-refractivity contribution in [1.29, 1.82) is 0 Å². The first kappa shape index (κ1) is 41.1. The van der Waals surface area contributed by atoms with Gasteiger partial charge in [0.05, 0.1) is 47.7 Å². The smallest absolute Gasteiger partial charge is 0.435 e. The number of imidazole rings is 1. The Morgan fingerprint density at radius 2 is 1.72 bits per heavy atom. The number of aliphatic carboxylic acids is 1. The summed E-state index contributed by atoms with van der Waals surface area (Å²) in [7, 11) is 1.34. The van der Waals surface area contributed by atoms with E-state index in [0.717, 1.165) is 27.7 Å². The first-order chi connectivity index (χ1) is 27.0. The first-order valence-corrected chi connectivity index (χ1v) is 18.6. The largest absolute Gasteiger partial charge is 0.477 e. The van der Waals surface area contributed by atoms with E-state index in [2.05, 4.69) is 15.4 Å². The topological polar surface area (TPSA) is 195 Å². The molecule has 4 heterocycles. The molecule has 2 fully saturated rings. The molecule has 2 saturated heterocycles. The van der Waals surface area contributed by atoms with Crippen molar-refractivity contribution in [2.45, 2.75) is 25.4 Å². The first-order valence-electron chi connectivity index (χ1n) is 18.2. The van der Waals surface area contributed by atoms with Crippen LogP contribution >= 0.6 is 11.6 Å². The number of rotatable bonds is 11. The second kappa shape index (κ2) is 16.5. The predicted octanol–water partition coefficient (Wildman–Crippen LogP) is 3.86. The monoisotopic (exact) mass is 817 g/mol. The van der Waals surface area contributed by atoms with E-state index in [0.29, 0.717) is 63.0 Å². The number of quaternary nitrogens is 1. The van der Waals surface area contributed by atoms with Crippen LogP contribution in [0.5, 0.6) is 0 Å². The van der Waals surface area contributed by atoms with E-state index in [1.54, 1.807) is 9.80 Å². The van der Waals surface area contributed by atoms with Crippen LogP contribution in [0.4, 0.5) is 28.9 Å². The molecule has 2 aromatic carbocycles. The van der Waals surface area contributed by atoms with Gasteiger partial charge < -0.3 is 40.7 Å². The number of benzene rings is 2. The van der Waals surface area contributed by atoms with Crippen molar-refractivity contribution in [3.8, 4) is 16.9 Å². The van der Waals surface area contributed by atoms with Crippen molar-refractivity contribution in [1.82, 2.24) is 29.1 Å². The minimum Gasteiger partial charge on any atom is -0.477 e. The quantitative estimate of drug-likeness (QED) is 0.0988. The minimum atomic E-state index is -4.93. The van der Waals surface area contributed by atoms with E-state index in [-0.39, 0.29) is 76.5 Å². The SMILES string of the molecule is Cn1c(-c2cn(-c3ccc(N)cc3F)nc2C(F)(F)F)cnc1C(=O)Nc1ccc(C(=O)N2CCN(C(=O)C3CC[N+](CCCN)(CC(=O)O)CC3)CC2)c(Cl)c1. The lowest BCUT2D eigenvalue weighted by molar-refractivity contribution is -0.926. The van der Waals surface area contributed by atoms with Gasteiger partial charge in [-0.25, -0.2) is 18.9 Å². The fourth-order valence-corrected chi connectivity index (χ4v) is 7.78. The van der Waals surface area contributed by atoms with Gasteiger partial charge in [-0.3, -0.25) is 14.4 Å². The standard InChI is InChI=1S/C37H41ClF4N10O5/c1-48-30(26-20-51(47-32(26)37(40,41)42)29-6-3-23(44)17-28(29)39)19-45-33(48)34(55)46-24-4-5-25(27(38)18-24)36(57)50-12-10-49(11-13-50)35(56)22-7-15-52(16-8-22,14-2-9-43)21-31(53)54/h3-6,17-20,22H,2,7-16,21,43-44H2,1H3,(H-,46,53,54,55,57)/p+1. The average molecular weight is 818 g/mol. The highest BCUT2D eigenvalue weighted by molar-refractivity contribution is 6.34. The summed E-state index contributed by atoms with van der Waals surface area (Å²) < 4.78 is 59.1. The molecule has 2 aromatic heterocycles. The highest BCUT2D eigenvalue weighted by atomic mass is 35.5. The van der Waals surface area contributed by atoms with E-state index >= 15 is 0 Å². The molecule has 57 heavy (non-hydrogen) atoms. The van der Waals surface area contributed by atoms with Crippen molar-refractivity contribution in [3.63, 3.8) is 0 Å². The molecule has 4 aromatic rings. The number of hydrogen-bond acceptors (Lipinski definition) is 8. The number of carbonyl (C=O) groups is 4. The molecule has 0 radical (unpaired) electrons. The lowest BCUT2D eigenvalue weighted by Crippen LogP contribution is -2.58. The van der Waals surface area contributed by atoms with Gasteiger partial charge in [-0.2, -0.15) is 18.3 Å². The van der Waals surface area contributed by atoms with Crippen LogP contribution in [-0.4, -0.2) is 121 Å². The predicted molar refractivity (Wildman–Crippen MR) is 201 cm³/mol. The van der Waals surface area contributed by atoms with Crippen molar-refractivity contribution in [2.24, 2.45) is 18.7 Å². The zero-order valence-electron chi connectivity index (χ0n) is 30.9. The van der Waals surface area contributed by atoms with Crippen LogP contribution in [0.25, 0.3) is 16.9 Å². The molecule has 0 spiro atoms. The van der Waals surface area contributed by atoms with Crippen LogP contribution in [0.1, 0.15) is 45.9 Å². The van der Waals surface area contributed by atoms with Gasteiger partial charge >= 0.3 is 12.1 Å². The van der Waals surface area contributed by atoms with Crippen LogP contribution < -0.4 is 16.8 Å². The maximum atomic E-state index is 14.6. The number of nitrogens with two attached hydrogens (primary N) is 2. The van der Waals surface area contributed by atoms with Gasteiger partial charge in [0.25, 0.3) is 11.8 Å². The second-order valence-electron chi connectivity index (χ2n) is 14.3. The van der Waals surface area contributed by atoms with Crippen LogP contribution in [0.2, 0.25) is 5.02 Å². The van der Waals surface area contributed by atoms with E-state index in [4.69, 9.17) is 23.1 Å². The number of aromatic nitrogens is 4. The number of halogens is 5. The van der Waals surface area contributed by atoms with Gasteiger partial charge in [-0.15, -0.1) is 0 Å². The summed E-state index contributed by atoms with van der Waals surface area (Å²) in [6, 6.07) is 7.72. The molecule has 0 bridgehead atoms. The number of anilines is 2. The summed E-state index contributed by atoms with van der Waals surface area (Å²) in [4.78, 5) is 59.0. The third kappa shape index (κ3) is 8.89. The summed E-state index contributed by atoms with van der Waals surface area (Å²) in [5.41, 5.74) is 9.52. The molecule has 0 saturated carbocycles. The Morgan fingerprint density at radius 1 is 1.04 bits per heavy atom. The maximum Gasteiger partial charge on any atom is 0.435 e. The number of piperazine rings is 1. The maximum absolute atomic E-state index is 14.6. The molecule has 6 rings (SSSR count). The van der Waals surface area contributed by atoms with Crippen molar-refractivity contribution < 1.29 is 46.3 Å². The number of nitrogen functional groups attached to an aromatic ring is 1. The molecular formula is C37H42ClF4N10O5+. The fraction of sp³-hybridized carbons (Fsp3) is 0.405. The number of nitrogens with one attached hydrogen (secondary N) is 1. The third-order valence-corrected chi connectivity index (χ3v) is 10.9. The fourth-order valence-electron chi connectivity index (χ4n) is 7.52. The van der Waals surface area contributed by atoms with Gasteiger partial charge in [0, 0.05) is 76.0 Å². The van der Waals surface area contributed by atoms with Gasteiger partial charge in [0.1, 0.15) is 5.69 Å². The Balaban J connectivity index is 1.07. The molecule has 0 atom stereocenters. The van der Waals surface area contributed by atoms with E-state index in [1.807, 2.05) is 0 Å². The van der Waals surface area contributed by atoms with Gasteiger partial charge in [-0.1, -0.05) is 11.6 Å². The van der Waals surface area contributed by atoms with Crippen LogP contribution in [-0.2, 0) is 22.8 Å². The Labute approximate surface area is 329 Å². The zero-order valence-corrected chi connectivity index (χ0v) is 31.7. The Morgan fingerprint density at radius 3 is 2.33 bits per heavy atom. The molecule has 2 aliphatic heterocycles. The molecule has 15 nitrogen and oxygen atoms in total. The highest BCUT2D eigenvalue weighted by Crippen LogP contribution is 2.37. The second-order valence-corrected chi connectivity index (χ2v) is 14.7. The lowest BCUT2D eigenvalue weighted by Gasteiger charge is -2.44. The number of carboxylic acid groups (broad SMARTS) is 1. The summed E-state index contributed by atoms with van der Waals surface area (Å²) >= 11 is 6.51. The number of piperidine rings is 1. The molecule has 0 unspecified atom stereocenters. The minimum absolute atomic E-state index is 0.00331. The molecule has 0 aliphatic carbocycles. The Kier molecular flexibility index (Phi) is 11.9. The zero-order chi connectivity index (χ0) is 41.2. The van der Waals surface area contributed by atoms with E-state index in [1.165, 1.54) is 37.4 Å². The van der Waals surface area contributed by atoms with Gasteiger partial charge in [0.2, 0.25) is 5.91 Å². The van der Waals surface area contributed by atoms with Crippen molar-refractivity contribution in [2.75, 3.05) is 70.0 Å². The van der Waals surface area contributed by atoms with E-state index < -0.39 is 35.1 Å². The number of nitrogens with zero attached hydrogens (tertiary/aromatic N) is 7. The molecule has 20 heteroatoms. The summed E-state index contributed by atoms with van der Waals surface area (Å²) in [5, 5.41) is 15.7. The lowest BCUT2D eigenvalue weighted by atomic mass is 9.92. The Hall–Kier alpha value is -5.53. The number of carboxylic acids is 1. The molecule has 2 aliphatic rings. The summed E-state index contributed by atoms with van der Waals surface area (Å²) in [6.07, 6.45) is -1.02. The van der Waals surface area contributed by atoms with Crippen LogP contribution in [0.3, 0.4) is 0 Å². The third-order valence-electron chi connectivity index (χ3n) is 10.6. The molecular weight excluding hydrogens is 776 g/mol. The Bertz CT molecular complexity index is 2180. The van der Waals surface area contributed by atoms with Gasteiger partial charge in [-0.05, 0) is 42.9 Å². The summed E-state index contributed by atoms with van der Waals surface area (Å²) in [5.74, 6) is -3.40. The number of likely N-dealkylation sites (tertiary alicyclic amines) is 1. The number of alkyl halides is 3. The van der Waals surface area contributed by atoms with Crippen LogP contribution in [0, 0.1) is 11.7 Å². The average Bonchev–Trinajstić information content (AvgIpc) is 3.78. The number of hydrogen-bond donors (Lipinski definition) is 4. The van der Waals surface area contributed by atoms with Crippen LogP contribution in [0.15, 0.2) is 48.8 Å². The van der Waals surface area contributed by atoms with Crippen molar-refractivity contribution >= 4 is 46.7 Å². The van der Waals surface area contributed by atoms with E-state index in [9.17, 15) is 41.8 Å². The molecule has 3 amide bonds. The summed E-state index contributed by atoms with van der Waals surface area (Å²) in [6.45, 7) is 3.50. The molecule has 304 valence electrons. The highest BCUT2D eigenvalue weighted by Gasteiger charge is 2.41. The number of carbonyl (C=O) groups excluding carboxylic acids is 3. The molecule has 6 N–H and O–H groups in total.